The molecule has 15 heteroatoms. The minimum absolute atomic E-state index is 0.0173. The van der Waals surface area contributed by atoms with E-state index in [0.717, 1.165) is 21.3 Å². The average Bonchev–Trinajstić information content (AvgIpc) is 2.79. The third-order valence-corrected chi connectivity index (χ3v) is 6.21. The van der Waals surface area contributed by atoms with Crippen LogP contribution in [0.15, 0.2) is 29.2 Å². The molecule has 1 aromatic rings. The number of rotatable bonds is 10. The van der Waals surface area contributed by atoms with Crippen molar-refractivity contribution in [3.63, 3.8) is 0 Å². The van der Waals surface area contributed by atoms with Gasteiger partial charge in [0.1, 0.15) is 11.2 Å². The van der Waals surface area contributed by atoms with Gasteiger partial charge in [0.15, 0.2) is 5.82 Å². The Morgan fingerprint density at radius 3 is 1.95 bits per heavy atom. The lowest BCUT2D eigenvalue weighted by atomic mass is 10.2. The highest BCUT2D eigenvalue weighted by Crippen LogP contribution is 2.52. The molecular formula is C23H36N3O11P. The lowest BCUT2D eigenvalue weighted by Crippen LogP contribution is -2.45. The van der Waals surface area contributed by atoms with E-state index in [1.807, 2.05) is 0 Å². The van der Waals surface area contributed by atoms with E-state index in [1.54, 1.807) is 41.5 Å². The van der Waals surface area contributed by atoms with E-state index in [1.165, 1.54) is 29.0 Å². The summed E-state index contributed by atoms with van der Waals surface area (Å²) in [5, 5.41) is 0. The highest BCUT2D eigenvalue weighted by molar-refractivity contribution is 7.55. The van der Waals surface area contributed by atoms with Crippen molar-refractivity contribution in [1.82, 2.24) is 9.55 Å². The molecular weight excluding hydrogens is 525 g/mol. The Hall–Kier alpha value is -3.06. The number of nitrogens with zero attached hydrogens (tertiary/aromatic N) is 3. The molecule has 214 valence electrons. The average molecular weight is 562 g/mol. The van der Waals surface area contributed by atoms with Crippen LogP contribution in [0.3, 0.4) is 0 Å². The summed E-state index contributed by atoms with van der Waals surface area (Å²) >= 11 is 0. The summed E-state index contributed by atoms with van der Waals surface area (Å²) in [6, 6.07) is 1.28. The third kappa shape index (κ3) is 10.0. The molecule has 0 bridgehead atoms. The molecule has 0 aromatic carbocycles. The number of aromatic nitrogens is 2. The number of methoxy groups -OCH3 is 1. The summed E-state index contributed by atoms with van der Waals surface area (Å²) in [6.45, 7) is 9.55. The maximum absolute atomic E-state index is 12.7. The van der Waals surface area contributed by atoms with E-state index in [9.17, 15) is 23.7 Å². The fourth-order valence-electron chi connectivity index (χ4n) is 2.62. The second-order valence-corrected chi connectivity index (χ2v) is 11.9. The number of amides is 2. The predicted octanol–water partition coefficient (Wildman–Crippen LogP) is 3.48. The Morgan fingerprint density at radius 2 is 1.53 bits per heavy atom. The molecule has 14 nitrogen and oxygen atoms in total. The number of esters is 1. The van der Waals surface area contributed by atoms with E-state index in [2.05, 4.69) is 9.72 Å². The van der Waals surface area contributed by atoms with Crippen molar-refractivity contribution >= 4 is 31.6 Å². The van der Waals surface area contributed by atoms with Gasteiger partial charge in [0, 0.05) is 27.0 Å². The molecule has 2 amide bonds. The summed E-state index contributed by atoms with van der Waals surface area (Å²) in [6.07, 6.45) is 2.18. The molecule has 0 saturated carbocycles. The first-order valence-electron chi connectivity index (χ1n) is 11.4. The zero-order chi connectivity index (χ0) is 29.3. The maximum atomic E-state index is 12.7. The van der Waals surface area contributed by atoms with Crippen LogP contribution >= 0.6 is 7.60 Å². The van der Waals surface area contributed by atoms with Crippen LogP contribution in [-0.4, -0.2) is 72.7 Å². The van der Waals surface area contributed by atoms with Gasteiger partial charge in [-0.25, -0.2) is 19.2 Å². The molecule has 1 rings (SSSR count). The van der Waals surface area contributed by atoms with Crippen LogP contribution in [0.5, 0.6) is 0 Å². The van der Waals surface area contributed by atoms with Crippen LogP contribution in [-0.2, 0) is 43.9 Å². The molecule has 0 saturated heterocycles. The Morgan fingerprint density at radius 1 is 1.00 bits per heavy atom. The van der Waals surface area contributed by atoms with Gasteiger partial charge in [-0.05, 0) is 47.6 Å². The molecule has 1 atom stereocenters. The summed E-state index contributed by atoms with van der Waals surface area (Å²) in [5.74, 6) is -2.83. The number of carbonyl (C=O) groups is 3. The van der Waals surface area contributed by atoms with E-state index in [0.29, 0.717) is 4.90 Å². The zero-order valence-corrected chi connectivity index (χ0v) is 24.0. The topological polar surface area (TPSA) is 162 Å². The van der Waals surface area contributed by atoms with E-state index >= 15 is 0 Å². The Labute approximate surface area is 221 Å². The number of anilines is 1. The molecule has 1 unspecified atom stereocenters. The first kappa shape index (κ1) is 33.0. The van der Waals surface area contributed by atoms with Gasteiger partial charge < -0.3 is 28.0 Å². The van der Waals surface area contributed by atoms with Crippen LogP contribution in [0.25, 0.3) is 0 Å². The van der Waals surface area contributed by atoms with Gasteiger partial charge >= 0.3 is 31.4 Å². The lowest BCUT2D eigenvalue weighted by molar-refractivity contribution is -0.149. The molecule has 0 aliphatic carbocycles. The van der Waals surface area contributed by atoms with E-state index < -0.39 is 48.5 Å². The number of ether oxygens (including phenoxy) is 4. The van der Waals surface area contributed by atoms with E-state index in [4.69, 9.17) is 23.3 Å². The number of hydrogen-bond donors (Lipinski definition) is 0. The first-order chi connectivity index (χ1) is 17.5. The molecule has 0 radical (unpaired) electrons. The minimum Gasteiger partial charge on any atom is -0.467 e. The van der Waals surface area contributed by atoms with E-state index in [-0.39, 0.29) is 19.0 Å². The van der Waals surface area contributed by atoms with Gasteiger partial charge in [-0.15, -0.1) is 0 Å². The normalized spacial score (nSPS) is 13.2. The van der Waals surface area contributed by atoms with Crippen LogP contribution in [0, 0.1) is 0 Å². The molecule has 1 heterocycles. The largest absolute Gasteiger partial charge is 0.467 e. The molecule has 0 spiro atoms. The van der Waals surface area contributed by atoms with Crippen LogP contribution in [0.4, 0.5) is 15.4 Å². The standard InChI is InChI=1S/C23H36N3O11P/c1-22(2,3)36-20(29)26(21(30)37-23(4,5)6)16-12-14-25(19(28)24-16)13-10-11-15-35-18(17(27)32-7)38(31,33-8)34-9/h10-12,14,18H,13,15H2,1-9H3. The number of allylic oxidation sites excluding steroid dienone is 1. The van der Waals surface area contributed by atoms with Gasteiger partial charge in [-0.1, -0.05) is 12.2 Å². The van der Waals surface area contributed by atoms with Crippen molar-refractivity contribution in [2.24, 2.45) is 0 Å². The highest BCUT2D eigenvalue weighted by Gasteiger charge is 2.42. The third-order valence-electron chi connectivity index (χ3n) is 4.26. The Bertz CT molecular complexity index is 1080. The summed E-state index contributed by atoms with van der Waals surface area (Å²) in [4.78, 5) is 54.3. The van der Waals surface area contributed by atoms with Gasteiger partial charge in [0.2, 0.25) is 0 Å². The fraction of sp³-hybridized carbons (Fsp3) is 0.609. The molecule has 0 aliphatic heterocycles. The van der Waals surface area contributed by atoms with Crippen molar-refractivity contribution in [2.45, 2.75) is 65.1 Å². The summed E-state index contributed by atoms with van der Waals surface area (Å²) in [5.41, 5.74) is -2.63. The molecule has 1 aromatic heterocycles. The summed E-state index contributed by atoms with van der Waals surface area (Å²) < 4.78 is 43.7. The molecule has 38 heavy (non-hydrogen) atoms. The SMILES string of the molecule is COC(=O)C(OCC=CCn1ccc(N(C(=O)OC(C)(C)C)C(=O)OC(C)(C)C)nc1=O)P(=O)(OC)OC. The maximum Gasteiger partial charge on any atom is 0.425 e. The van der Waals surface area contributed by atoms with Crippen molar-refractivity contribution < 1.29 is 46.9 Å². The monoisotopic (exact) mass is 561 g/mol. The Balaban J connectivity index is 3.05. The minimum atomic E-state index is -3.91. The molecule has 0 aliphatic rings. The number of imide groups is 1. The first-order valence-corrected chi connectivity index (χ1v) is 13.0. The molecule has 0 N–H and O–H groups in total. The van der Waals surface area contributed by atoms with Crippen molar-refractivity contribution in [3.05, 3.63) is 34.9 Å². The smallest absolute Gasteiger partial charge is 0.425 e. The number of hydrogen-bond acceptors (Lipinski definition) is 12. The van der Waals surface area contributed by atoms with Gasteiger partial charge in [0.25, 0.3) is 5.85 Å². The highest BCUT2D eigenvalue weighted by atomic mass is 31.2. The van der Waals surface area contributed by atoms with Crippen LogP contribution < -0.4 is 10.6 Å². The van der Waals surface area contributed by atoms with Crippen LogP contribution in [0.1, 0.15) is 41.5 Å². The second kappa shape index (κ2) is 13.7. The quantitative estimate of drug-likeness (QED) is 0.177. The van der Waals surface area contributed by atoms with Gasteiger partial charge in [0.05, 0.1) is 13.7 Å². The fourth-order valence-corrected chi connectivity index (χ4v) is 3.78. The second-order valence-electron chi connectivity index (χ2n) is 9.60. The van der Waals surface area contributed by atoms with Gasteiger partial charge in [-0.2, -0.15) is 9.88 Å². The molecule has 0 fully saturated rings. The number of carbonyl (C=O) groups excluding carboxylic acids is 3. The van der Waals surface area contributed by atoms with Crippen molar-refractivity contribution in [1.29, 1.82) is 0 Å². The van der Waals surface area contributed by atoms with Crippen molar-refractivity contribution in [3.8, 4) is 0 Å². The van der Waals surface area contributed by atoms with Crippen LogP contribution in [0.2, 0.25) is 0 Å². The summed E-state index contributed by atoms with van der Waals surface area (Å²) in [7, 11) is -0.603. The lowest BCUT2D eigenvalue weighted by Gasteiger charge is -2.28. The predicted molar refractivity (Wildman–Crippen MR) is 136 cm³/mol. The zero-order valence-electron chi connectivity index (χ0n) is 23.1. The van der Waals surface area contributed by atoms with Gasteiger partial charge in [-0.3, -0.25) is 9.13 Å². The Kier molecular flexibility index (Phi) is 11.8. The van der Waals surface area contributed by atoms with Crippen molar-refractivity contribution in [2.75, 3.05) is 32.8 Å².